The van der Waals surface area contributed by atoms with E-state index in [0.29, 0.717) is 0 Å². The molecule has 1 aliphatic rings. The molecule has 132 valence electrons. The predicted octanol–water partition coefficient (Wildman–Crippen LogP) is 4.09. The first-order chi connectivity index (χ1) is 12.7. The van der Waals surface area contributed by atoms with Crippen LogP contribution in [0.2, 0.25) is 0 Å². The molecule has 4 nitrogen and oxygen atoms in total. The lowest BCUT2D eigenvalue weighted by Gasteiger charge is -2.36. The van der Waals surface area contributed by atoms with Crippen molar-refractivity contribution in [1.29, 1.82) is 0 Å². The first kappa shape index (κ1) is 16.6. The van der Waals surface area contributed by atoms with E-state index in [9.17, 15) is 0 Å². The fourth-order valence-corrected chi connectivity index (χ4v) is 3.40. The number of piperazine rings is 1. The van der Waals surface area contributed by atoms with Crippen LogP contribution in [0.4, 0.5) is 11.5 Å². The summed E-state index contributed by atoms with van der Waals surface area (Å²) in [6.45, 7) is 8.14. The van der Waals surface area contributed by atoms with E-state index in [-0.39, 0.29) is 0 Å². The lowest BCUT2D eigenvalue weighted by Crippen LogP contribution is -2.46. The third kappa shape index (κ3) is 3.54. The van der Waals surface area contributed by atoms with Crippen molar-refractivity contribution < 1.29 is 0 Å². The van der Waals surface area contributed by atoms with E-state index in [1.165, 1.54) is 16.8 Å². The van der Waals surface area contributed by atoms with Gasteiger partial charge in [-0.05, 0) is 32.0 Å². The average molecular weight is 344 g/mol. The molecule has 0 amide bonds. The zero-order chi connectivity index (χ0) is 17.9. The summed E-state index contributed by atoms with van der Waals surface area (Å²) in [5.74, 6) is 0.965. The standard InChI is InChI=1S/C22H24N4/c1-17-6-8-20(9-7-17)25-10-12-26(13-11-25)22-16-23-15-21(24-22)19-5-3-4-18(2)14-19/h3-9,14-16H,10-13H2,1-2H3. The highest BCUT2D eigenvalue weighted by molar-refractivity contribution is 5.61. The molecule has 0 aliphatic carbocycles. The maximum absolute atomic E-state index is 4.86. The number of nitrogens with zero attached hydrogens (tertiary/aromatic N) is 4. The van der Waals surface area contributed by atoms with Crippen LogP contribution in [0.3, 0.4) is 0 Å². The molecule has 0 bridgehead atoms. The Balaban J connectivity index is 1.48. The number of hydrogen-bond acceptors (Lipinski definition) is 4. The summed E-state index contributed by atoms with van der Waals surface area (Å²) in [5.41, 5.74) is 5.90. The van der Waals surface area contributed by atoms with Crippen molar-refractivity contribution in [2.45, 2.75) is 13.8 Å². The molecule has 26 heavy (non-hydrogen) atoms. The van der Waals surface area contributed by atoms with E-state index in [1.807, 2.05) is 12.4 Å². The minimum atomic E-state index is 0.937. The predicted molar refractivity (Wildman–Crippen MR) is 108 cm³/mol. The van der Waals surface area contributed by atoms with Crippen molar-refractivity contribution in [2.75, 3.05) is 36.0 Å². The largest absolute Gasteiger partial charge is 0.368 e. The lowest BCUT2D eigenvalue weighted by atomic mass is 10.1. The molecule has 0 spiro atoms. The molecule has 4 heteroatoms. The smallest absolute Gasteiger partial charge is 0.147 e. The molecule has 0 unspecified atom stereocenters. The first-order valence-electron chi connectivity index (χ1n) is 9.15. The number of aromatic nitrogens is 2. The van der Waals surface area contributed by atoms with Crippen molar-refractivity contribution in [3.05, 3.63) is 72.1 Å². The van der Waals surface area contributed by atoms with E-state index in [0.717, 1.165) is 43.3 Å². The van der Waals surface area contributed by atoms with Crippen LogP contribution < -0.4 is 9.80 Å². The molecule has 2 heterocycles. The Hall–Kier alpha value is -2.88. The highest BCUT2D eigenvalue weighted by Crippen LogP contribution is 2.23. The van der Waals surface area contributed by atoms with Crippen LogP contribution in [0.5, 0.6) is 0 Å². The van der Waals surface area contributed by atoms with Crippen molar-refractivity contribution in [3.63, 3.8) is 0 Å². The van der Waals surface area contributed by atoms with E-state index < -0.39 is 0 Å². The van der Waals surface area contributed by atoms with E-state index >= 15 is 0 Å². The molecule has 1 fully saturated rings. The van der Waals surface area contributed by atoms with Gasteiger partial charge in [0.1, 0.15) is 5.82 Å². The molecule has 1 aliphatic heterocycles. The van der Waals surface area contributed by atoms with Gasteiger partial charge in [0, 0.05) is 37.4 Å². The zero-order valence-corrected chi connectivity index (χ0v) is 15.4. The molecule has 3 aromatic rings. The monoisotopic (exact) mass is 344 g/mol. The van der Waals surface area contributed by atoms with Crippen LogP contribution in [-0.2, 0) is 0 Å². The highest BCUT2D eigenvalue weighted by atomic mass is 15.3. The Labute approximate surface area is 155 Å². The molecule has 1 saturated heterocycles. The summed E-state index contributed by atoms with van der Waals surface area (Å²) in [6.07, 6.45) is 3.72. The van der Waals surface area contributed by atoms with Gasteiger partial charge in [-0.15, -0.1) is 0 Å². The summed E-state index contributed by atoms with van der Waals surface area (Å²) in [4.78, 5) is 14.1. The fraction of sp³-hybridized carbons (Fsp3) is 0.273. The van der Waals surface area contributed by atoms with Crippen LogP contribution in [0.15, 0.2) is 60.9 Å². The molecule has 0 N–H and O–H groups in total. The van der Waals surface area contributed by atoms with Gasteiger partial charge in [0.05, 0.1) is 18.1 Å². The van der Waals surface area contributed by atoms with Gasteiger partial charge in [-0.2, -0.15) is 0 Å². The number of anilines is 2. The summed E-state index contributed by atoms with van der Waals surface area (Å²) >= 11 is 0. The average Bonchev–Trinajstić information content (AvgIpc) is 2.69. The van der Waals surface area contributed by atoms with Crippen molar-refractivity contribution in [2.24, 2.45) is 0 Å². The minimum absolute atomic E-state index is 0.937. The molecule has 4 rings (SSSR count). The molecule has 1 aromatic heterocycles. The second kappa shape index (κ2) is 7.16. The normalized spacial score (nSPS) is 14.5. The van der Waals surface area contributed by atoms with Crippen LogP contribution in [0.1, 0.15) is 11.1 Å². The van der Waals surface area contributed by atoms with Crippen LogP contribution in [0, 0.1) is 13.8 Å². The zero-order valence-electron chi connectivity index (χ0n) is 15.4. The SMILES string of the molecule is Cc1ccc(N2CCN(c3cncc(-c4cccc(C)c4)n3)CC2)cc1. The molecule has 2 aromatic carbocycles. The molecular weight excluding hydrogens is 320 g/mol. The number of aryl methyl sites for hydroxylation is 2. The second-order valence-electron chi connectivity index (χ2n) is 6.94. The van der Waals surface area contributed by atoms with Crippen molar-refractivity contribution in [3.8, 4) is 11.3 Å². The summed E-state index contributed by atoms with van der Waals surface area (Å²) in [6, 6.07) is 17.2. The Bertz CT molecular complexity index is 881. The number of hydrogen-bond donors (Lipinski definition) is 0. The van der Waals surface area contributed by atoms with E-state index in [1.54, 1.807) is 0 Å². The molecular formula is C22H24N4. The van der Waals surface area contributed by atoms with E-state index in [2.05, 4.69) is 77.2 Å². The quantitative estimate of drug-likeness (QED) is 0.716. The molecule has 0 atom stereocenters. The maximum Gasteiger partial charge on any atom is 0.147 e. The van der Waals surface area contributed by atoms with Gasteiger partial charge in [-0.3, -0.25) is 4.98 Å². The van der Waals surface area contributed by atoms with Gasteiger partial charge in [-0.25, -0.2) is 4.98 Å². The number of benzene rings is 2. The summed E-state index contributed by atoms with van der Waals surface area (Å²) in [5, 5.41) is 0. The van der Waals surface area contributed by atoms with Crippen LogP contribution >= 0.6 is 0 Å². The third-order valence-electron chi connectivity index (χ3n) is 4.94. The molecule has 0 radical (unpaired) electrons. The first-order valence-corrected chi connectivity index (χ1v) is 9.15. The van der Waals surface area contributed by atoms with Crippen molar-refractivity contribution >= 4 is 11.5 Å². The third-order valence-corrected chi connectivity index (χ3v) is 4.94. The van der Waals surface area contributed by atoms with Gasteiger partial charge in [0.2, 0.25) is 0 Å². The highest BCUT2D eigenvalue weighted by Gasteiger charge is 2.19. The van der Waals surface area contributed by atoms with Crippen LogP contribution in [0.25, 0.3) is 11.3 Å². The lowest BCUT2D eigenvalue weighted by molar-refractivity contribution is 0.646. The number of rotatable bonds is 3. The molecule has 0 saturated carbocycles. The van der Waals surface area contributed by atoms with Crippen molar-refractivity contribution in [1.82, 2.24) is 9.97 Å². The van der Waals surface area contributed by atoms with E-state index in [4.69, 9.17) is 4.98 Å². The second-order valence-corrected chi connectivity index (χ2v) is 6.94. The maximum atomic E-state index is 4.86. The Morgan fingerprint density at radius 2 is 1.50 bits per heavy atom. The Morgan fingerprint density at radius 1 is 0.769 bits per heavy atom. The van der Waals surface area contributed by atoms with Crippen LogP contribution in [-0.4, -0.2) is 36.1 Å². The van der Waals surface area contributed by atoms with Gasteiger partial charge < -0.3 is 9.80 Å². The summed E-state index contributed by atoms with van der Waals surface area (Å²) in [7, 11) is 0. The Morgan fingerprint density at radius 3 is 2.23 bits per heavy atom. The summed E-state index contributed by atoms with van der Waals surface area (Å²) < 4.78 is 0. The Kier molecular flexibility index (Phi) is 4.57. The van der Waals surface area contributed by atoms with Gasteiger partial charge in [0.15, 0.2) is 0 Å². The van der Waals surface area contributed by atoms with Gasteiger partial charge in [0.25, 0.3) is 0 Å². The fourth-order valence-electron chi connectivity index (χ4n) is 3.40. The topological polar surface area (TPSA) is 32.3 Å². The van der Waals surface area contributed by atoms with Gasteiger partial charge >= 0.3 is 0 Å². The minimum Gasteiger partial charge on any atom is -0.368 e. The van der Waals surface area contributed by atoms with Gasteiger partial charge in [-0.1, -0.05) is 41.5 Å².